The molecule has 82 heavy (non-hydrogen) atoms. The van der Waals surface area contributed by atoms with Crippen molar-refractivity contribution in [3.05, 3.63) is 197 Å². The second-order valence-electron chi connectivity index (χ2n) is 19.9. The fourth-order valence-electron chi connectivity index (χ4n) is 10.3. The van der Waals surface area contributed by atoms with Crippen LogP contribution in [-0.2, 0) is 29.0 Å². The first-order valence-corrected chi connectivity index (χ1v) is 25.7. The molecule has 0 bridgehead atoms. The monoisotopic (exact) mass is 1120 g/mol. The maximum atomic E-state index is 15.4. The van der Waals surface area contributed by atoms with Crippen LogP contribution in [0.2, 0.25) is 0 Å². The minimum absolute atomic E-state index is 0.0299. The van der Waals surface area contributed by atoms with Gasteiger partial charge >= 0.3 is 11.9 Å². The van der Waals surface area contributed by atoms with Gasteiger partial charge in [0.05, 0.1) is 87.0 Å². The van der Waals surface area contributed by atoms with E-state index in [0.717, 1.165) is 6.07 Å². The molecule has 0 radical (unpaired) electrons. The van der Waals surface area contributed by atoms with Gasteiger partial charge in [0.25, 0.3) is 16.7 Å². The Kier molecular flexibility index (Phi) is 14.5. The normalized spacial score (nSPS) is 12.2. The Bertz CT molecular complexity index is 4630. The van der Waals surface area contributed by atoms with E-state index in [1.807, 2.05) is 38.0 Å². The Morgan fingerprint density at radius 3 is 1.84 bits per heavy atom. The van der Waals surface area contributed by atoms with Crippen molar-refractivity contribution in [1.82, 2.24) is 43.9 Å². The molecule has 0 saturated carbocycles. The van der Waals surface area contributed by atoms with E-state index in [1.54, 1.807) is 18.2 Å². The van der Waals surface area contributed by atoms with Crippen LogP contribution in [0, 0.1) is 23.3 Å². The molecule has 1 aliphatic heterocycles. The first-order valence-electron chi connectivity index (χ1n) is 25.7. The molecule has 0 amide bonds. The maximum Gasteiger partial charge on any atom is 0.355 e. The lowest BCUT2D eigenvalue weighted by Crippen LogP contribution is -2.22. The zero-order chi connectivity index (χ0) is 57.7. The molecule has 23 heteroatoms. The smallest absolute Gasteiger partial charge is 0.355 e. The van der Waals surface area contributed by atoms with Gasteiger partial charge in [0.1, 0.15) is 59.2 Å². The van der Waals surface area contributed by atoms with Crippen molar-refractivity contribution < 1.29 is 45.8 Å². The van der Waals surface area contributed by atoms with E-state index in [-0.39, 0.29) is 127 Å². The summed E-state index contributed by atoms with van der Waals surface area (Å²) >= 11 is 0. The lowest BCUT2D eigenvalue weighted by Gasteiger charge is -2.14. The Balaban J connectivity index is 0.000000172. The zero-order valence-electron chi connectivity index (χ0n) is 44.3. The number of nitrogens with zero attached hydrogens (tertiary/aromatic N) is 5. The lowest BCUT2D eigenvalue weighted by molar-refractivity contribution is 0.0462. The van der Waals surface area contributed by atoms with Crippen molar-refractivity contribution in [3.63, 3.8) is 0 Å². The molecule has 8 heterocycles. The number of carbonyl (C=O) groups is 2. The van der Waals surface area contributed by atoms with Gasteiger partial charge in [0.2, 0.25) is 0 Å². The standard InChI is InChI=1S/C30H24F2N4O5.C29H25F2N5O5/c1-35(2)9-11-41-30(39)27-25(18-4-3-7-34-29(18)38)26-23(14-21(32)17-6-10-40-28(17)26)36(27)15-16-12-19-22(13-20(16)31)33-8-5-24(19)37;1-35(2)7-9-41-29(39)25-23(17-4-3-6-32-27(17)37)24-22(12-20(31)16-5-8-40-26(16)24)36(25)13-15-10-18-21(11-19(15)30)33-14-34-28(18)38/h3-8,10,12-14H,9,11,15H2,1-2H3,(H,33,37)(H,34,38);3-4,6,10-12,14H,5,7-9,13H2,1-2H3,(H,32,37)(H,33,34,38). The van der Waals surface area contributed by atoms with Gasteiger partial charge in [-0.25, -0.2) is 32.1 Å². The van der Waals surface area contributed by atoms with E-state index < -0.39 is 51.9 Å². The van der Waals surface area contributed by atoms with E-state index in [0.29, 0.717) is 41.4 Å². The average Bonchev–Trinajstić information content (AvgIpc) is 4.43. The number of hydrogen-bond acceptors (Lipinski definition) is 13. The van der Waals surface area contributed by atoms with Gasteiger partial charge < -0.3 is 57.5 Å². The molecule has 0 atom stereocenters. The largest absolute Gasteiger partial charge is 0.492 e. The number of aromatic amines is 4. The fraction of sp³-hybridized carbons (Fsp3) is 0.203. The number of likely N-dealkylation sites (N-methyl/N-ethyl adjacent to an activating group) is 2. The highest BCUT2D eigenvalue weighted by atomic mass is 19.1. The molecule has 19 nitrogen and oxygen atoms in total. The molecule has 1 aliphatic rings. The lowest BCUT2D eigenvalue weighted by atomic mass is 10.00. The molecule has 0 aliphatic carbocycles. The van der Waals surface area contributed by atoms with Crippen LogP contribution in [0.25, 0.3) is 76.8 Å². The van der Waals surface area contributed by atoms with Gasteiger partial charge in [-0.1, -0.05) is 0 Å². The number of aromatic nitrogens is 7. The van der Waals surface area contributed by atoms with Crippen LogP contribution in [0.4, 0.5) is 17.6 Å². The average molecular weight is 1120 g/mol. The van der Waals surface area contributed by atoms with E-state index in [1.165, 1.54) is 88.8 Å². The van der Waals surface area contributed by atoms with Crippen LogP contribution < -0.4 is 26.8 Å². The van der Waals surface area contributed by atoms with Crippen LogP contribution in [0.1, 0.15) is 37.7 Å². The number of H-pyrrole nitrogens is 4. The Hall–Kier alpha value is -9.87. The second kappa shape index (κ2) is 22.0. The quantitative estimate of drug-likeness (QED) is 0.0601. The number of hydrogen-bond donors (Lipinski definition) is 4. The highest BCUT2D eigenvalue weighted by Crippen LogP contribution is 2.46. The second-order valence-corrected chi connectivity index (χ2v) is 19.9. The molecular weight excluding hydrogens is 1070 g/mol. The molecule has 4 aromatic carbocycles. The first kappa shape index (κ1) is 54.1. The number of furan rings is 1. The minimum Gasteiger partial charge on any atom is -0.492 e. The van der Waals surface area contributed by atoms with Crippen LogP contribution in [0.5, 0.6) is 5.75 Å². The van der Waals surface area contributed by atoms with Crippen LogP contribution in [-0.4, -0.2) is 117 Å². The summed E-state index contributed by atoms with van der Waals surface area (Å²) in [5.74, 6) is -3.86. The number of fused-ring (bicyclic) bond motifs is 8. The van der Waals surface area contributed by atoms with E-state index in [4.69, 9.17) is 18.6 Å². The summed E-state index contributed by atoms with van der Waals surface area (Å²) in [6, 6.07) is 16.6. The summed E-state index contributed by atoms with van der Waals surface area (Å²) < 4.78 is 87.1. The number of pyridine rings is 3. The number of rotatable bonds is 14. The Morgan fingerprint density at radius 2 is 1.22 bits per heavy atom. The summed E-state index contributed by atoms with van der Waals surface area (Å²) in [7, 11) is 7.28. The van der Waals surface area contributed by atoms with Crippen LogP contribution in [0.15, 0.2) is 128 Å². The molecule has 0 unspecified atom stereocenters. The summed E-state index contributed by atoms with van der Waals surface area (Å²) in [5.41, 5.74) is 0.105. The number of benzene rings is 4. The van der Waals surface area contributed by atoms with E-state index in [9.17, 15) is 28.8 Å². The van der Waals surface area contributed by atoms with Gasteiger partial charge in [-0.3, -0.25) is 19.2 Å². The summed E-state index contributed by atoms with van der Waals surface area (Å²) in [6.07, 6.45) is 7.13. The highest BCUT2D eigenvalue weighted by molar-refractivity contribution is 6.17. The predicted molar refractivity (Wildman–Crippen MR) is 298 cm³/mol. The summed E-state index contributed by atoms with van der Waals surface area (Å²) in [4.78, 5) is 96.9. The van der Waals surface area contributed by atoms with Crippen molar-refractivity contribution in [2.24, 2.45) is 0 Å². The summed E-state index contributed by atoms with van der Waals surface area (Å²) in [6.45, 7) is 0.573. The van der Waals surface area contributed by atoms with E-state index in [2.05, 4.69) is 24.9 Å². The fourth-order valence-corrected chi connectivity index (χ4v) is 10.3. The SMILES string of the molecule is CN(C)CCOC(=O)c1c(-c2ccc[nH]c2=O)c2c3c(c(F)cc2n1Cc1cc2c(=O)[nH]cnc2cc1F)CCO3.CN(C)CCOC(=O)c1c(-c2ccc[nH]c2=O)c2c3occc3c(F)cc2n1Cc1cc2c(=O)cc[nH]c2cc1F. The topological polar surface area (TPSA) is 236 Å². The predicted octanol–water partition coefficient (Wildman–Crippen LogP) is 7.84. The van der Waals surface area contributed by atoms with Crippen molar-refractivity contribution in [2.75, 3.05) is 61.1 Å². The van der Waals surface area contributed by atoms with Gasteiger partial charge in [-0.2, -0.15) is 0 Å². The number of halogens is 4. The molecule has 0 saturated heterocycles. The molecule has 7 aromatic heterocycles. The van der Waals surface area contributed by atoms with Gasteiger partial charge in [-0.05, 0) is 88.9 Å². The molecule has 11 aromatic rings. The number of carbonyl (C=O) groups excluding carboxylic acids is 2. The van der Waals surface area contributed by atoms with Crippen molar-refractivity contribution >= 4 is 66.5 Å². The van der Waals surface area contributed by atoms with E-state index >= 15 is 17.6 Å². The molecule has 4 N–H and O–H groups in total. The van der Waals surface area contributed by atoms with Gasteiger partial charge in [-0.15, -0.1) is 0 Å². The highest BCUT2D eigenvalue weighted by Gasteiger charge is 2.34. The Labute approximate surface area is 459 Å². The molecular formula is C59H49F4N9O10. The molecule has 0 fully saturated rings. The maximum absolute atomic E-state index is 15.4. The third kappa shape index (κ3) is 9.89. The third-order valence-corrected chi connectivity index (χ3v) is 14.2. The molecule has 418 valence electrons. The van der Waals surface area contributed by atoms with Crippen LogP contribution in [0.3, 0.4) is 0 Å². The summed E-state index contributed by atoms with van der Waals surface area (Å²) in [5, 5.41) is 1.18. The van der Waals surface area contributed by atoms with Crippen molar-refractivity contribution in [2.45, 2.75) is 19.5 Å². The van der Waals surface area contributed by atoms with Gasteiger partial charge in [0.15, 0.2) is 5.43 Å². The Morgan fingerprint density at radius 1 is 0.634 bits per heavy atom. The molecule has 12 rings (SSSR count). The number of nitrogens with one attached hydrogen (secondary N) is 4. The van der Waals surface area contributed by atoms with Crippen molar-refractivity contribution in [3.8, 4) is 28.0 Å². The zero-order valence-corrected chi connectivity index (χ0v) is 44.3. The van der Waals surface area contributed by atoms with Gasteiger partial charge in [0, 0.05) is 83.4 Å². The third-order valence-electron chi connectivity index (χ3n) is 14.2. The minimum atomic E-state index is -0.791. The number of ether oxygens (including phenoxy) is 3. The number of esters is 2. The molecule has 0 spiro atoms. The van der Waals surface area contributed by atoms with Crippen molar-refractivity contribution in [1.29, 1.82) is 0 Å². The first-order chi connectivity index (χ1) is 39.5. The van der Waals surface area contributed by atoms with Crippen LogP contribution >= 0.6 is 0 Å².